The van der Waals surface area contributed by atoms with Gasteiger partial charge in [0, 0.05) is 25.3 Å². The molecule has 0 saturated carbocycles. The Morgan fingerprint density at radius 3 is 2.65 bits per heavy atom. The molecule has 0 amide bonds. The summed E-state index contributed by atoms with van der Waals surface area (Å²) in [6.45, 7) is 7.56. The van der Waals surface area contributed by atoms with Crippen molar-refractivity contribution in [3.63, 3.8) is 0 Å². The molecular formula is C18H22N2. The lowest BCUT2D eigenvalue weighted by Crippen LogP contribution is -2.31. The fraction of sp³-hybridized carbons (Fsp3) is 0.333. The van der Waals surface area contributed by atoms with Gasteiger partial charge < -0.3 is 10.2 Å². The summed E-state index contributed by atoms with van der Waals surface area (Å²) in [6.07, 6.45) is 0. The Morgan fingerprint density at radius 2 is 1.80 bits per heavy atom. The summed E-state index contributed by atoms with van der Waals surface area (Å²) in [5.41, 5.74) is 5.55. The quantitative estimate of drug-likeness (QED) is 0.892. The van der Waals surface area contributed by atoms with Gasteiger partial charge in [-0.2, -0.15) is 0 Å². The Bertz CT molecular complexity index is 591. The lowest BCUT2D eigenvalue weighted by atomic mass is 10.00. The predicted molar refractivity (Wildman–Crippen MR) is 85.1 cm³/mol. The lowest BCUT2D eigenvalue weighted by Gasteiger charge is -2.32. The van der Waals surface area contributed by atoms with Gasteiger partial charge in [0.25, 0.3) is 0 Å². The number of hydrogen-bond donors (Lipinski definition) is 1. The first-order valence-electron chi connectivity index (χ1n) is 7.38. The van der Waals surface area contributed by atoms with Gasteiger partial charge in [0.15, 0.2) is 0 Å². The van der Waals surface area contributed by atoms with Crippen molar-refractivity contribution in [1.82, 2.24) is 5.32 Å². The molecule has 0 saturated heterocycles. The molecule has 0 bridgehead atoms. The van der Waals surface area contributed by atoms with Crippen LogP contribution in [0.5, 0.6) is 0 Å². The molecule has 104 valence electrons. The van der Waals surface area contributed by atoms with Gasteiger partial charge in [-0.25, -0.2) is 0 Å². The van der Waals surface area contributed by atoms with Gasteiger partial charge in [0.2, 0.25) is 0 Å². The van der Waals surface area contributed by atoms with Crippen LogP contribution in [0.1, 0.15) is 29.7 Å². The van der Waals surface area contributed by atoms with E-state index in [0.717, 1.165) is 19.6 Å². The molecule has 2 nitrogen and oxygen atoms in total. The van der Waals surface area contributed by atoms with E-state index in [2.05, 4.69) is 72.6 Å². The molecular weight excluding hydrogens is 244 g/mol. The third-order valence-corrected chi connectivity index (χ3v) is 4.25. The van der Waals surface area contributed by atoms with E-state index in [9.17, 15) is 0 Å². The van der Waals surface area contributed by atoms with E-state index in [1.807, 2.05) is 0 Å². The Hall–Kier alpha value is -1.80. The van der Waals surface area contributed by atoms with Crippen molar-refractivity contribution < 1.29 is 0 Å². The lowest BCUT2D eigenvalue weighted by molar-refractivity contribution is 0.637. The van der Waals surface area contributed by atoms with Crippen LogP contribution in [0.25, 0.3) is 0 Å². The largest absolute Gasteiger partial charge is 0.363 e. The average Bonchev–Trinajstić information content (AvgIpc) is 2.69. The van der Waals surface area contributed by atoms with E-state index in [1.54, 1.807) is 0 Å². The number of hydrogen-bond acceptors (Lipinski definition) is 2. The van der Waals surface area contributed by atoms with Gasteiger partial charge in [-0.1, -0.05) is 42.5 Å². The molecule has 2 aromatic carbocycles. The van der Waals surface area contributed by atoms with Crippen molar-refractivity contribution in [2.75, 3.05) is 18.0 Å². The minimum absolute atomic E-state index is 0.400. The van der Waals surface area contributed by atoms with E-state index in [4.69, 9.17) is 0 Å². The Morgan fingerprint density at radius 1 is 1.05 bits per heavy atom. The Kier molecular flexibility index (Phi) is 3.75. The fourth-order valence-electron chi connectivity index (χ4n) is 3.11. The summed E-state index contributed by atoms with van der Waals surface area (Å²) < 4.78 is 0. The van der Waals surface area contributed by atoms with E-state index in [0.29, 0.717) is 6.04 Å². The van der Waals surface area contributed by atoms with E-state index in [-0.39, 0.29) is 0 Å². The van der Waals surface area contributed by atoms with Crippen LogP contribution in [0, 0.1) is 6.92 Å². The zero-order valence-corrected chi connectivity index (χ0v) is 12.3. The predicted octanol–water partition coefficient (Wildman–Crippen LogP) is 3.67. The number of anilines is 1. The average molecular weight is 266 g/mol. The van der Waals surface area contributed by atoms with Gasteiger partial charge >= 0.3 is 0 Å². The normalized spacial score (nSPS) is 16.4. The monoisotopic (exact) mass is 266 g/mol. The smallest absolute Gasteiger partial charge is 0.0517 e. The number of nitrogens with zero attached hydrogens (tertiary/aromatic N) is 1. The number of aryl methyl sites for hydroxylation is 1. The second kappa shape index (κ2) is 5.68. The summed E-state index contributed by atoms with van der Waals surface area (Å²) in [6, 6.07) is 17.9. The summed E-state index contributed by atoms with van der Waals surface area (Å²) in [4.78, 5) is 2.53. The Labute approximate surface area is 121 Å². The maximum atomic E-state index is 3.51. The topological polar surface area (TPSA) is 15.3 Å². The van der Waals surface area contributed by atoms with Gasteiger partial charge in [-0.3, -0.25) is 0 Å². The van der Waals surface area contributed by atoms with Crippen molar-refractivity contribution >= 4 is 5.69 Å². The highest BCUT2D eigenvalue weighted by atomic mass is 15.2. The van der Waals surface area contributed by atoms with Crippen molar-refractivity contribution in [3.05, 3.63) is 65.2 Å². The van der Waals surface area contributed by atoms with E-state index < -0.39 is 0 Å². The second-order valence-corrected chi connectivity index (χ2v) is 5.53. The van der Waals surface area contributed by atoms with Crippen molar-refractivity contribution in [2.24, 2.45) is 0 Å². The number of nitrogens with one attached hydrogen (secondary N) is 1. The molecule has 1 N–H and O–H groups in total. The molecule has 1 heterocycles. The first-order chi connectivity index (χ1) is 9.77. The standard InChI is InChI=1S/C18H22N2/c1-14-7-3-5-9-17(14)15(2)20-12-11-19-13-16-8-4-6-10-18(16)20/h3-10,15,19H,11-13H2,1-2H3. The molecule has 0 radical (unpaired) electrons. The zero-order valence-electron chi connectivity index (χ0n) is 12.3. The zero-order chi connectivity index (χ0) is 13.9. The van der Waals surface area contributed by atoms with Crippen LogP contribution in [0.3, 0.4) is 0 Å². The summed E-state index contributed by atoms with van der Waals surface area (Å²) in [5.74, 6) is 0. The van der Waals surface area contributed by atoms with E-state index in [1.165, 1.54) is 22.4 Å². The van der Waals surface area contributed by atoms with E-state index >= 15 is 0 Å². The van der Waals surface area contributed by atoms with Crippen molar-refractivity contribution in [3.8, 4) is 0 Å². The second-order valence-electron chi connectivity index (χ2n) is 5.53. The minimum Gasteiger partial charge on any atom is -0.363 e. The molecule has 1 unspecified atom stereocenters. The van der Waals surface area contributed by atoms with Crippen LogP contribution in [0.4, 0.5) is 5.69 Å². The van der Waals surface area contributed by atoms with Gasteiger partial charge in [-0.05, 0) is 36.6 Å². The summed E-state index contributed by atoms with van der Waals surface area (Å²) in [7, 11) is 0. The number of para-hydroxylation sites is 1. The van der Waals surface area contributed by atoms with Crippen LogP contribution in [0.2, 0.25) is 0 Å². The number of fused-ring (bicyclic) bond motifs is 1. The van der Waals surface area contributed by atoms with Crippen LogP contribution in [-0.2, 0) is 6.54 Å². The Balaban J connectivity index is 1.99. The van der Waals surface area contributed by atoms with Crippen LogP contribution >= 0.6 is 0 Å². The third kappa shape index (κ3) is 2.44. The highest BCUT2D eigenvalue weighted by molar-refractivity contribution is 5.56. The minimum atomic E-state index is 0.400. The third-order valence-electron chi connectivity index (χ3n) is 4.25. The molecule has 0 fully saturated rings. The molecule has 1 aliphatic heterocycles. The number of benzene rings is 2. The van der Waals surface area contributed by atoms with Crippen LogP contribution in [-0.4, -0.2) is 13.1 Å². The molecule has 1 atom stereocenters. The number of rotatable bonds is 2. The molecule has 0 aliphatic carbocycles. The van der Waals surface area contributed by atoms with Gasteiger partial charge in [0.1, 0.15) is 0 Å². The maximum absolute atomic E-state index is 3.51. The summed E-state index contributed by atoms with van der Waals surface area (Å²) >= 11 is 0. The molecule has 1 aliphatic rings. The van der Waals surface area contributed by atoms with Crippen LogP contribution < -0.4 is 10.2 Å². The molecule has 2 heteroatoms. The molecule has 20 heavy (non-hydrogen) atoms. The molecule has 0 aromatic heterocycles. The summed E-state index contributed by atoms with van der Waals surface area (Å²) in [5, 5.41) is 3.51. The first-order valence-corrected chi connectivity index (χ1v) is 7.38. The maximum Gasteiger partial charge on any atom is 0.0517 e. The molecule has 0 spiro atoms. The fourth-order valence-corrected chi connectivity index (χ4v) is 3.11. The van der Waals surface area contributed by atoms with Gasteiger partial charge in [-0.15, -0.1) is 0 Å². The van der Waals surface area contributed by atoms with Crippen LogP contribution in [0.15, 0.2) is 48.5 Å². The van der Waals surface area contributed by atoms with Crippen molar-refractivity contribution in [1.29, 1.82) is 0 Å². The molecule has 3 rings (SSSR count). The first kappa shape index (κ1) is 13.2. The highest BCUT2D eigenvalue weighted by Crippen LogP contribution is 2.31. The highest BCUT2D eigenvalue weighted by Gasteiger charge is 2.21. The van der Waals surface area contributed by atoms with Gasteiger partial charge in [0.05, 0.1) is 6.04 Å². The van der Waals surface area contributed by atoms with Crippen molar-refractivity contribution in [2.45, 2.75) is 26.4 Å². The molecule has 2 aromatic rings. The SMILES string of the molecule is Cc1ccccc1C(C)N1CCNCc2ccccc21.